The molecule has 1 saturated carbocycles. The van der Waals surface area contributed by atoms with Crippen LogP contribution in [0.3, 0.4) is 0 Å². The van der Waals surface area contributed by atoms with Gasteiger partial charge in [0, 0.05) is 23.1 Å². The molecular formula is C16H23BrN2. The molecule has 1 aliphatic heterocycles. The van der Waals surface area contributed by atoms with Gasteiger partial charge in [0.15, 0.2) is 0 Å². The molecule has 0 spiro atoms. The molecule has 2 unspecified atom stereocenters. The maximum atomic E-state index is 3.73. The summed E-state index contributed by atoms with van der Waals surface area (Å²) in [5.74, 6) is 0.734. The molecule has 0 bridgehead atoms. The molecule has 0 amide bonds. The van der Waals surface area contributed by atoms with E-state index in [2.05, 4.69) is 57.5 Å². The average molecular weight is 323 g/mol. The molecule has 2 aliphatic rings. The Morgan fingerprint density at radius 3 is 2.79 bits per heavy atom. The van der Waals surface area contributed by atoms with Crippen LogP contribution in [0.4, 0.5) is 0 Å². The Labute approximate surface area is 124 Å². The number of halogens is 1. The van der Waals surface area contributed by atoms with Crippen LogP contribution in [0, 0.1) is 5.92 Å². The Morgan fingerprint density at radius 2 is 2.05 bits per heavy atom. The molecule has 104 valence electrons. The predicted molar refractivity (Wildman–Crippen MR) is 83.3 cm³/mol. The highest BCUT2D eigenvalue weighted by molar-refractivity contribution is 9.10. The van der Waals surface area contributed by atoms with Crippen LogP contribution in [0.2, 0.25) is 0 Å². The molecule has 2 atom stereocenters. The second kappa shape index (κ2) is 5.94. The molecule has 3 heteroatoms. The number of nitrogens with zero attached hydrogens (tertiary/aromatic N) is 1. The van der Waals surface area contributed by atoms with Gasteiger partial charge in [0.2, 0.25) is 0 Å². The summed E-state index contributed by atoms with van der Waals surface area (Å²) in [6.07, 6.45) is 5.43. The van der Waals surface area contributed by atoms with Gasteiger partial charge in [-0.1, -0.05) is 34.1 Å². The van der Waals surface area contributed by atoms with Crippen molar-refractivity contribution < 1.29 is 0 Å². The molecule has 0 aromatic heterocycles. The zero-order valence-electron chi connectivity index (χ0n) is 11.6. The lowest BCUT2D eigenvalue weighted by atomic mass is 9.85. The predicted octanol–water partition coefficient (Wildman–Crippen LogP) is 3.58. The van der Waals surface area contributed by atoms with Crippen molar-refractivity contribution in [2.75, 3.05) is 20.1 Å². The van der Waals surface area contributed by atoms with Gasteiger partial charge >= 0.3 is 0 Å². The van der Waals surface area contributed by atoms with E-state index in [1.54, 1.807) is 0 Å². The highest BCUT2D eigenvalue weighted by Crippen LogP contribution is 2.38. The summed E-state index contributed by atoms with van der Waals surface area (Å²) in [6.45, 7) is 2.38. The number of benzene rings is 1. The van der Waals surface area contributed by atoms with Crippen molar-refractivity contribution in [3.8, 4) is 0 Å². The van der Waals surface area contributed by atoms with Crippen molar-refractivity contribution >= 4 is 15.9 Å². The molecule has 1 aromatic rings. The number of nitrogens with one attached hydrogen (secondary N) is 1. The number of rotatable bonds is 4. The third-order valence-corrected chi connectivity index (χ3v) is 5.20. The van der Waals surface area contributed by atoms with Gasteiger partial charge < -0.3 is 5.32 Å². The highest BCUT2D eigenvalue weighted by Gasteiger charge is 2.32. The summed E-state index contributed by atoms with van der Waals surface area (Å²) in [5.41, 5.74) is 1.45. The summed E-state index contributed by atoms with van der Waals surface area (Å²) >= 11 is 3.73. The van der Waals surface area contributed by atoms with Crippen molar-refractivity contribution in [1.29, 1.82) is 0 Å². The summed E-state index contributed by atoms with van der Waals surface area (Å²) in [6, 6.07) is 10.1. The molecule has 1 aromatic carbocycles. The number of piperidine rings is 1. The lowest BCUT2D eigenvalue weighted by Crippen LogP contribution is -2.41. The molecule has 3 rings (SSSR count). The Morgan fingerprint density at radius 1 is 1.26 bits per heavy atom. The van der Waals surface area contributed by atoms with Gasteiger partial charge in [-0.15, -0.1) is 0 Å². The van der Waals surface area contributed by atoms with E-state index in [4.69, 9.17) is 0 Å². The normalized spacial score (nSPS) is 28.5. The molecule has 2 nitrogen and oxygen atoms in total. The molecule has 19 heavy (non-hydrogen) atoms. The van der Waals surface area contributed by atoms with Crippen LogP contribution in [-0.2, 0) is 0 Å². The SMILES string of the molecule is CN1CCCC(CNC2CC2)C1c1ccccc1Br. The molecular weight excluding hydrogens is 300 g/mol. The maximum absolute atomic E-state index is 3.73. The molecule has 1 aliphatic carbocycles. The second-order valence-electron chi connectivity index (χ2n) is 6.03. The van der Waals surface area contributed by atoms with Crippen molar-refractivity contribution in [1.82, 2.24) is 10.2 Å². The van der Waals surface area contributed by atoms with E-state index in [1.807, 2.05) is 0 Å². The first-order valence-electron chi connectivity index (χ1n) is 7.44. The average Bonchev–Trinajstić information content (AvgIpc) is 3.22. The lowest BCUT2D eigenvalue weighted by Gasteiger charge is -2.40. The van der Waals surface area contributed by atoms with Gasteiger partial charge in [0.25, 0.3) is 0 Å². The summed E-state index contributed by atoms with van der Waals surface area (Å²) in [7, 11) is 2.27. The number of hydrogen-bond donors (Lipinski definition) is 1. The third-order valence-electron chi connectivity index (χ3n) is 4.48. The van der Waals surface area contributed by atoms with Crippen molar-refractivity contribution in [2.45, 2.75) is 37.8 Å². The van der Waals surface area contributed by atoms with E-state index >= 15 is 0 Å². The van der Waals surface area contributed by atoms with Crippen LogP contribution in [0.25, 0.3) is 0 Å². The topological polar surface area (TPSA) is 15.3 Å². The van der Waals surface area contributed by atoms with Crippen LogP contribution in [-0.4, -0.2) is 31.1 Å². The third kappa shape index (κ3) is 3.21. The maximum Gasteiger partial charge on any atom is 0.0396 e. The molecule has 2 fully saturated rings. The molecule has 1 saturated heterocycles. The van der Waals surface area contributed by atoms with E-state index < -0.39 is 0 Å². The molecule has 1 N–H and O–H groups in total. The van der Waals surface area contributed by atoms with Crippen molar-refractivity contribution in [2.24, 2.45) is 5.92 Å². The lowest BCUT2D eigenvalue weighted by molar-refractivity contribution is 0.119. The van der Waals surface area contributed by atoms with Gasteiger partial charge in [-0.05, 0) is 56.8 Å². The van der Waals surface area contributed by atoms with Gasteiger partial charge in [0.05, 0.1) is 0 Å². The number of likely N-dealkylation sites (tertiary alicyclic amines) is 1. The minimum atomic E-state index is 0.551. The van der Waals surface area contributed by atoms with E-state index in [-0.39, 0.29) is 0 Å². The Hall–Kier alpha value is -0.380. The van der Waals surface area contributed by atoms with E-state index in [1.165, 1.54) is 48.8 Å². The Bertz CT molecular complexity index is 431. The van der Waals surface area contributed by atoms with Gasteiger partial charge in [-0.3, -0.25) is 4.90 Å². The zero-order valence-corrected chi connectivity index (χ0v) is 13.2. The quantitative estimate of drug-likeness (QED) is 0.911. The van der Waals surface area contributed by atoms with Crippen molar-refractivity contribution in [3.05, 3.63) is 34.3 Å². The van der Waals surface area contributed by atoms with Gasteiger partial charge in [0.1, 0.15) is 0 Å². The van der Waals surface area contributed by atoms with Crippen molar-refractivity contribution in [3.63, 3.8) is 0 Å². The fourth-order valence-corrected chi connectivity index (χ4v) is 3.80. The minimum absolute atomic E-state index is 0.551. The van der Waals surface area contributed by atoms with Crippen LogP contribution in [0.5, 0.6) is 0 Å². The van der Waals surface area contributed by atoms with Gasteiger partial charge in [-0.25, -0.2) is 0 Å². The molecule has 0 radical (unpaired) electrons. The summed E-state index contributed by atoms with van der Waals surface area (Å²) < 4.78 is 1.25. The molecule has 1 heterocycles. The fraction of sp³-hybridized carbons (Fsp3) is 0.625. The largest absolute Gasteiger partial charge is 0.314 e. The minimum Gasteiger partial charge on any atom is -0.314 e. The summed E-state index contributed by atoms with van der Waals surface area (Å²) in [4.78, 5) is 2.53. The fourth-order valence-electron chi connectivity index (χ4n) is 3.29. The Balaban J connectivity index is 1.78. The smallest absolute Gasteiger partial charge is 0.0396 e. The van der Waals surface area contributed by atoms with E-state index in [0.29, 0.717) is 6.04 Å². The Kier molecular flexibility index (Phi) is 4.25. The first kappa shape index (κ1) is 13.6. The van der Waals surface area contributed by atoms with Crippen LogP contribution < -0.4 is 5.32 Å². The summed E-state index contributed by atoms with van der Waals surface area (Å²) in [5, 5.41) is 3.72. The monoisotopic (exact) mass is 322 g/mol. The number of hydrogen-bond acceptors (Lipinski definition) is 2. The first-order valence-corrected chi connectivity index (χ1v) is 8.23. The van der Waals surface area contributed by atoms with Gasteiger partial charge in [-0.2, -0.15) is 0 Å². The van der Waals surface area contributed by atoms with Crippen LogP contribution in [0.15, 0.2) is 28.7 Å². The standard InChI is InChI=1S/C16H23BrN2/c1-19-10-4-5-12(11-18-13-8-9-13)16(19)14-6-2-3-7-15(14)17/h2-3,6-7,12-13,16,18H,4-5,8-11H2,1H3. The second-order valence-corrected chi connectivity index (χ2v) is 6.89. The van der Waals surface area contributed by atoms with Crippen LogP contribution >= 0.6 is 15.9 Å². The van der Waals surface area contributed by atoms with E-state index in [0.717, 1.165) is 12.0 Å². The first-order chi connectivity index (χ1) is 9.25. The zero-order chi connectivity index (χ0) is 13.2. The highest BCUT2D eigenvalue weighted by atomic mass is 79.9. The van der Waals surface area contributed by atoms with Crippen LogP contribution in [0.1, 0.15) is 37.3 Å². The van der Waals surface area contributed by atoms with E-state index in [9.17, 15) is 0 Å².